The number of ether oxygens (including phenoxy) is 1. The minimum absolute atomic E-state index is 0.0237. The SMILES string of the molecule is CC(CCC(=O)OC(C(F)(F)F)C(F)(F)S(=O)(=O)O)C1CCCC2C3C(=O)CC4CC(=O)CCC4(C)C3CC(=O)C12C. The van der Waals surface area contributed by atoms with Crippen molar-refractivity contribution in [1.82, 2.24) is 0 Å². The average Bonchev–Trinajstić information content (AvgIpc) is 2.86. The van der Waals surface area contributed by atoms with E-state index in [0.717, 1.165) is 0 Å². The Kier molecular flexibility index (Phi) is 8.54. The monoisotopic (exact) mass is 628 g/mol. The lowest BCUT2D eigenvalue weighted by Crippen LogP contribution is -2.63. The molecule has 4 aliphatic rings. The Balaban J connectivity index is 1.50. The number of ketones is 3. The molecular weight excluding hydrogens is 591 g/mol. The number of fused-ring (bicyclic) bond motifs is 5. The highest BCUT2D eigenvalue weighted by molar-refractivity contribution is 7.86. The van der Waals surface area contributed by atoms with E-state index in [1.54, 1.807) is 6.92 Å². The van der Waals surface area contributed by atoms with Crippen LogP contribution in [0.1, 0.15) is 85.0 Å². The van der Waals surface area contributed by atoms with Gasteiger partial charge in [0.05, 0.1) is 0 Å². The maximum Gasteiger partial charge on any atom is 0.432 e. The number of hydrogen-bond donors (Lipinski definition) is 1. The summed E-state index contributed by atoms with van der Waals surface area (Å²) in [6.45, 7) is 5.59. The first-order chi connectivity index (χ1) is 19.2. The molecule has 14 heteroatoms. The Morgan fingerprint density at radius 2 is 1.69 bits per heavy atom. The van der Waals surface area contributed by atoms with Crippen LogP contribution < -0.4 is 0 Å². The van der Waals surface area contributed by atoms with E-state index >= 15 is 0 Å². The second-order valence-corrected chi connectivity index (χ2v) is 14.8. The molecule has 0 aliphatic heterocycles. The zero-order chi connectivity index (χ0) is 31.6. The van der Waals surface area contributed by atoms with Crippen LogP contribution in [0.2, 0.25) is 0 Å². The smallest absolute Gasteiger partial charge is 0.432 e. The van der Waals surface area contributed by atoms with Gasteiger partial charge in [-0.2, -0.15) is 30.4 Å². The van der Waals surface area contributed by atoms with Crippen LogP contribution >= 0.6 is 0 Å². The molecule has 0 radical (unpaired) electrons. The zero-order valence-corrected chi connectivity index (χ0v) is 24.5. The van der Waals surface area contributed by atoms with Gasteiger partial charge in [0.15, 0.2) is 0 Å². The predicted molar refractivity (Wildman–Crippen MR) is 136 cm³/mol. The largest absolute Gasteiger partial charge is 0.445 e. The third kappa shape index (κ3) is 5.43. The third-order valence-electron chi connectivity index (χ3n) is 11.1. The Hall–Kier alpha value is -1.96. The van der Waals surface area contributed by atoms with Crippen molar-refractivity contribution in [2.24, 2.45) is 46.3 Å². The molecular formula is C28H37F5O8S. The molecule has 4 aliphatic carbocycles. The van der Waals surface area contributed by atoms with Gasteiger partial charge in [0.25, 0.3) is 6.10 Å². The van der Waals surface area contributed by atoms with Crippen molar-refractivity contribution in [3.63, 3.8) is 0 Å². The van der Waals surface area contributed by atoms with Crippen LogP contribution in [0, 0.1) is 46.3 Å². The van der Waals surface area contributed by atoms with Gasteiger partial charge >= 0.3 is 27.5 Å². The summed E-state index contributed by atoms with van der Waals surface area (Å²) in [4.78, 5) is 51.9. The van der Waals surface area contributed by atoms with Crippen LogP contribution in [0.3, 0.4) is 0 Å². The molecule has 0 heterocycles. The van der Waals surface area contributed by atoms with E-state index in [9.17, 15) is 49.5 Å². The first-order valence-corrected chi connectivity index (χ1v) is 15.8. The van der Waals surface area contributed by atoms with Crippen molar-refractivity contribution in [2.75, 3.05) is 0 Å². The summed E-state index contributed by atoms with van der Waals surface area (Å²) in [6, 6.07) is 0. The predicted octanol–water partition coefficient (Wildman–Crippen LogP) is 5.33. The summed E-state index contributed by atoms with van der Waals surface area (Å²) in [5.74, 6) is -3.29. The molecule has 4 fully saturated rings. The Labute approximate surface area is 241 Å². The lowest BCUT2D eigenvalue weighted by Gasteiger charge is -2.62. The van der Waals surface area contributed by atoms with E-state index in [2.05, 4.69) is 11.7 Å². The number of halogens is 5. The molecule has 0 amide bonds. The highest BCUT2D eigenvalue weighted by Gasteiger charge is 2.67. The Bertz CT molecular complexity index is 1250. The molecule has 42 heavy (non-hydrogen) atoms. The maximum atomic E-state index is 13.9. The topological polar surface area (TPSA) is 132 Å². The maximum absolute atomic E-state index is 13.9. The first kappa shape index (κ1) is 32.9. The van der Waals surface area contributed by atoms with Gasteiger partial charge in [0, 0.05) is 43.4 Å². The molecule has 8 nitrogen and oxygen atoms in total. The standard InChI is InChI=1S/C28H37F5O8S/c1-14(7-8-22(37)41-24(27(29,30)31)28(32,33)42(38,39)40)17-5-4-6-18-23-19(13-21(36)26(17,18)3)25(2)10-9-16(34)11-15(25)12-20(23)35/h14-15,17-19,23-24H,4-13H2,1-3H3,(H,38,39,40). The van der Waals surface area contributed by atoms with E-state index in [4.69, 9.17) is 4.55 Å². The number of esters is 1. The molecule has 238 valence electrons. The van der Waals surface area contributed by atoms with Crippen LogP contribution in [-0.4, -0.2) is 53.8 Å². The van der Waals surface area contributed by atoms with Crippen LogP contribution in [0.5, 0.6) is 0 Å². The van der Waals surface area contributed by atoms with Gasteiger partial charge in [0.1, 0.15) is 17.3 Å². The van der Waals surface area contributed by atoms with Crippen molar-refractivity contribution in [1.29, 1.82) is 0 Å². The fourth-order valence-electron chi connectivity index (χ4n) is 8.79. The van der Waals surface area contributed by atoms with Crippen LogP contribution in [0.4, 0.5) is 22.0 Å². The molecule has 4 rings (SSSR count). The fourth-order valence-corrected chi connectivity index (χ4v) is 9.24. The second-order valence-electron chi connectivity index (χ2n) is 13.3. The number of alkyl halides is 5. The summed E-state index contributed by atoms with van der Waals surface area (Å²) in [5.41, 5.74) is -1.26. The summed E-state index contributed by atoms with van der Waals surface area (Å²) in [5, 5.41) is -5.81. The van der Waals surface area contributed by atoms with Gasteiger partial charge in [-0.25, -0.2) is 0 Å². The molecule has 0 bridgehead atoms. The number of carbonyl (C=O) groups is 4. The van der Waals surface area contributed by atoms with E-state index in [0.29, 0.717) is 38.5 Å². The van der Waals surface area contributed by atoms with Crippen molar-refractivity contribution >= 4 is 33.4 Å². The van der Waals surface area contributed by atoms with Gasteiger partial charge in [-0.05, 0) is 60.7 Å². The van der Waals surface area contributed by atoms with Gasteiger partial charge in [0.2, 0.25) is 0 Å². The van der Waals surface area contributed by atoms with Crippen molar-refractivity contribution in [3.05, 3.63) is 0 Å². The van der Waals surface area contributed by atoms with Crippen molar-refractivity contribution in [3.8, 4) is 0 Å². The van der Waals surface area contributed by atoms with E-state index < -0.39 is 51.4 Å². The normalized spacial score (nSPS) is 37.3. The van der Waals surface area contributed by atoms with Gasteiger partial charge in [-0.15, -0.1) is 0 Å². The first-order valence-electron chi connectivity index (χ1n) is 14.3. The Morgan fingerprint density at radius 1 is 1.05 bits per heavy atom. The third-order valence-corrected chi connectivity index (χ3v) is 12.0. The number of hydrogen-bond acceptors (Lipinski definition) is 7. The quantitative estimate of drug-likeness (QED) is 0.227. The molecule has 0 spiro atoms. The molecule has 0 aromatic rings. The van der Waals surface area contributed by atoms with E-state index in [1.807, 2.05) is 6.92 Å². The van der Waals surface area contributed by atoms with Crippen molar-refractivity contribution < 1.29 is 58.8 Å². The highest BCUT2D eigenvalue weighted by atomic mass is 32.2. The number of carbonyl (C=O) groups excluding carboxylic acids is 4. The van der Waals surface area contributed by atoms with Crippen LogP contribution in [0.15, 0.2) is 0 Å². The lowest BCUT2D eigenvalue weighted by atomic mass is 9.40. The molecule has 0 aromatic heterocycles. The van der Waals surface area contributed by atoms with E-state index in [-0.39, 0.29) is 71.6 Å². The van der Waals surface area contributed by atoms with E-state index in [1.165, 1.54) is 0 Å². The Morgan fingerprint density at radius 3 is 2.29 bits per heavy atom. The summed E-state index contributed by atoms with van der Waals surface area (Å²) in [6.07, 6.45) is -7.57. The number of rotatable bonds is 7. The molecule has 1 N–H and O–H groups in total. The second kappa shape index (κ2) is 10.9. The van der Waals surface area contributed by atoms with Crippen molar-refractivity contribution in [2.45, 2.75) is 103 Å². The average molecular weight is 629 g/mol. The highest BCUT2D eigenvalue weighted by Crippen LogP contribution is 2.65. The summed E-state index contributed by atoms with van der Waals surface area (Å²) < 4.78 is 101. The summed E-state index contributed by atoms with van der Waals surface area (Å²) in [7, 11) is -6.55. The molecule has 9 atom stereocenters. The van der Waals surface area contributed by atoms with Gasteiger partial charge < -0.3 is 4.74 Å². The van der Waals surface area contributed by atoms with Crippen LogP contribution in [0.25, 0.3) is 0 Å². The minimum atomic E-state index is -6.55. The van der Waals surface area contributed by atoms with Gasteiger partial charge in [-0.3, -0.25) is 23.7 Å². The minimum Gasteiger partial charge on any atom is -0.445 e. The molecule has 9 unspecified atom stereocenters. The van der Waals surface area contributed by atoms with Crippen LogP contribution in [-0.2, 0) is 34.0 Å². The number of Topliss-reactive ketones (excluding diaryl/α,β-unsaturated/α-hetero) is 3. The molecule has 4 saturated carbocycles. The summed E-state index contributed by atoms with van der Waals surface area (Å²) >= 11 is 0. The zero-order valence-electron chi connectivity index (χ0n) is 23.7. The van der Waals surface area contributed by atoms with Gasteiger partial charge in [-0.1, -0.05) is 27.2 Å². The molecule has 0 aromatic carbocycles. The lowest BCUT2D eigenvalue weighted by molar-refractivity contribution is -0.259. The fraction of sp³-hybridized carbons (Fsp3) is 0.857. The molecule has 0 saturated heterocycles.